The zero-order valence-corrected chi connectivity index (χ0v) is 13.8. The quantitative estimate of drug-likeness (QED) is 0.684. The van der Waals surface area contributed by atoms with Crippen LogP contribution < -0.4 is 15.0 Å². The van der Waals surface area contributed by atoms with Crippen LogP contribution in [0, 0.1) is 0 Å². The van der Waals surface area contributed by atoms with E-state index >= 15 is 0 Å². The summed E-state index contributed by atoms with van der Waals surface area (Å²) >= 11 is 0. The van der Waals surface area contributed by atoms with Crippen molar-refractivity contribution < 1.29 is 9.51 Å². The van der Waals surface area contributed by atoms with Gasteiger partial charge in [0.1, 0.15) is 0 Å². The third-order valence-corrected chi connectivity index (χ3v) is 4.21. The van der Waals surface area contributed by atoms with Gasteiger partial charge in [-0.2, -0.15) is 0 Å². The number of pyridine rings is 1. The second-order valence-corrected chi connectivity index (χ2v) is 5.57. The third kappa shape index (κ3) is 2.72. The van der Waals surface area contributed by atoms with Crippen LogP contribution in [0.15, 0.2) is 53.7 Å². The van der Waals surface area contributed by atoms with E-state index in [0.717, 1.165) is 24.2 Å². The van der Waals surface area contributed by atoms with E-state index in [4.69, 9.17) is 4.99 Å². The Morgan fingerprint density at radius 2 is 1.74 bits per heavy atom. The SMILES string of the molecule is CCc1cccc(CC)c1N=c1cc([O-])[n+]2ccccc2n1C. The average Bonchev–Trinajstić information content (AvgIpc) is 2.59. The predicted octanol–water partition coefficient (Wildman–Crippen LogP) is 2.19. The van der Waals surface area contributed by atoms with Crippen LogP contribution in [0.1, 0.15) is 25.0 Å². The molecule has 0 saturated heterocycles. The van der Waals surface area contributed by atoms with Gasteiger partial charge < -0.3 is 5.11 Å². The molecule has 2 heterocycles. The van der Waals surface area contributed by atoms with E-state index in [1.807, 2.05) is 29.8 Å². The molecule has 23 heavy (non-hydrogen) atoms. The summed E-state index contributed by atoms with van der Waals surface area (Å²) in [5.74, 6) is -0.0653. The van der Waals surface area contributed by atoms with E-state index in [0.29, 0.717) is 5.49 Å². The van der Waals surface area contributed by atoms with Crippen LogP contribution in [0.4, 0.5) is 5.69 Å². The van der Waals surface area contributed by atoms with Crippen LogP contribution in [0.3, 0.4) is 0 Å². The monoisotopic (exact) mass is 307 g/mol. The van der Waals surface area contributed by atoms with E-state index < -0.39 is 0 Å². The minimum atomic E-state index is -0.0653. The van der Waals surface area contributed by atoms with Gasteiger partial charge >= 0.3 is 0 Å². The lowest BCUT2D eigenvalue weighted by Gasteiger charge is -2.10. The predicted molar refractivity (Wildman–Crippen MR) is 88.4 cm³/mol. The zero-order chi connectivity index (χ0) is 16.4. The normalized spacial score (nSPS) is 12.0. The van der Waals surface area contributed by atoms with Gasteiger partial charge in [0, 0.05) is 12.1 Å². The summed E-state index contributed by atoms with van der Waals surface area (Å²) in [5.41, 5.74) is 4.91. The third-order valence-electron chi connectivity index (χ3n) is 4.21. The maximum Gasteiger partial charge on any atom is 0.286 e. The molecule has 0 N–H and O–H groups in total. The summed E-state index contributed by atoms with van der Waals surface area (Å²) in [6, 6.07) is 13.6. The lowest BCUT2D eigenvalue weighted by Crippen LogP contribution is -2.35. The van der Waals surface area contributed by atoms with Crippen molar-refractivity contribution >= 4 is 11.3 Å². The van der Waals surface area contributed by atoms with Gasteiger partial charge in [-0.15, -0.1) is 0 Å². The van der Waals surface area contributed by atoms with Crippen molar-refractivity contribution in [3.05, 3.63) is 65.3 Å². The van der Waals surface area contributed by atoms with Gasteiger partial charge in [-0.1, -0.05) is 38.1 Å². The molecule has 118 valence electrons. The first-order valence-corrected chi connectivity index (χ1v) is 7.98. The number of rotatable bonds is 3. The summed E-state index contributed by atoms with van der Waals surface area (Å²) in [5, 5.41) is 12.3. The molecule has 0 aliphatic rings. The van der Waals surface area contributed by atoms with E-state index in [1.165, 1.54) is 11.1 Å². The van der Waals surface area contributed by atoms with Crippen LogP contribution in [-0.2, 0) is 19.9 Å². The minimum Gasteiger partial charge on any atom is -0.842 e. The van der Waals surface area contributed by atoms with Gasteiger partial charge in [0.05, 0.1) is 24.8 Å². The fourth-order valence-electron chi connectivity index (χ4n) is 2.87. The van der Waals surface area contributed by atoms with E-state index in [-0.39, 0.29) is 5.88 Å². The molecule has 4 heteroatoms. The molecule has 0 bridgehead atoms. The van der Waals surface area contributed by atoms with E-state index in [9.17, 15) is 5.11 Å². The fourth-order valence-corrected chi connectivity index (χ4v) is 2.87. The summed E-state index contributed by atoms with van der Waals surface area (Å²) < 4.78 is 3.58. The fraction of sp³-hybridized carbons (Fsp3) is 0.263. The van der Waals surface area contributed by atoms with Crippen LogP contribution in [0.5, 0.6) is 5.88 Å². The van der Waals surface area contributed by atoms with Crippen molar-refractivity contribution in [2.24, 2.45) is 12.0 Å². The Hall–Kier alpha value is -2.62. The molecular weight excluding hydrogens is 286 g/mol. The minimum absolute atomic E-state index is 0.0653. The molecule has 3 aromatic rings. The first-order valence-electron chi connectivity index (χ1n) is 7.98. The molecule has 0 radical (unpaired) electrons. The van der Waals surface area contributed by atoms with Gasteiger partial charge in [0.25, 0.3) is 5.65 Å². The number of fused-ring (bicyclic) bond motifs is 1. The molecule has 0 amide bonds. The second kappa shape index (κ2) is 6.24. The summed E-state index contributed by atoms with van der Waals surface area (Å²) in [6.45, 7) is 4.26. The Morgan fingerprint density at radius 3 is 2.39 bits per heavy atom. The molecule has 1 aromatic carbocycles. The molecule has 2 aromatic heterocycles. The summed E-state index contributed by atoms with van der Waals surface area (Å²) in [4.78, 5) is 4.84. The van der Waals surface area contributed by atoms with Crippen LogP contribution in [0.2, 0.25) is 0 Å². The maximum atomic E-state index is 12.3. The first kappa shape index (κ1) is 15.3. The molecule has 0 atom stereocenters. The summed E-state index contributed by atoms with van der Waals surface area (Å²) in [7, 11) is 1.94. The molecule has 4 nitrogen and oxygen atoms in total. The van der Waals surface area contributed by atoms with Gasteiger partial charge in [-0.3, -0.25) is 0 Å². The molecule has 3 rings (SSSR count). The highest BCUT2D eigenvalue weighted by Gasteiger charge is 2.09. The van der Waals surface area contributed by atoms with Gasteiger partial charge in [-0.05, 0) is 30.0 Å². The van der Waals surface area contributed by atoms with E-state index in [1.54, 1.807) is 16.7 Å². The van der Waals surface area contributed by atoms with E-state index in [2.05, 4.69) is 32.0 Å². The van der Waals surface area contributed by atoms with Crippen molar-refractivity contribution in [2.45, 2.75) is 26.7 Å². The molecule has 0 saturated carbocycles. The van der Waals surface area contributed by atoms with Gasteiger partial charge in [0.2, 0.25) is 5.49 Å². The highest BCUT2D eigenvalue weighted by Crippen LogP contribution is 2.25. The highest BCUT2D eigenvalue weighted by atomic mass is 16.3. The summed E-state index contributed by atoms with van der Waals surface area (Å²) in [6.07, 6.45) is 3.62. The molecule has 0 aliphatic heterocycles. The Morgan fingerprint density at radius 1 is 1.04 bits per heavy atom. The number of hydrogen-bond donors (Lipinski definition) is 0. The molecule has 0 aliphatic carbocycles. The van der Waals surface area contributed by atoms with Gasteiger partial charge in [-0.25, -0.2) is 14.0 Å². The van der Waals surface area contributed by atoms with Crippen LogP contribution in [0.25, 0.3) is 5.65 Å². The molecule has 0 spiro atoms. The molecule has 0 unspecified atom stereocenters. The topological polar surface area (TPSA) is 44.5 Å². The lowest BCUT2D eigenvalue weighted by atomic mass is 10.0. The number of nitrogens with zero attached hydrogens (tertiary/aromatic N) is 3. The first-order chi connectivity index (χ1) is 11.2. The van der Waals surface area contributed by atoms with Crippen molar-refractivity contribution in [3.8, 4) is 5.88 Å². The highest BCUT2D eigenvalue weighted by molar-refractivity contribution is 5.53. The lowest BCUT2D eigenvalue weighted by molar-refractivity contribution is -0.588. The zero-order valence-electron chi connectivity index (χ0n) is 13.8. The Labute approximate surface area is 136 Å². The molecular formula is C19H21N3O. The molecule has 0 fully saturated rings. The van der Waals surface area contributed by atoms with Crippen molar-refractivity contribution in [1.82, 2.24) is 4.57 Å². The number of aryl methyl sites for hydroxylation is 3. The number of benzene rings is 1. The van der Waals surface area contributed by atoms with Crippen molar-refractivity contribution in [1.29, 1.82) is 0 Å². The standard InChI is InChI=1S/C19H21N3O/c1-4-14-9-8-10-15(5-2)19(14)20-16-13-18(23)22-12-7-6-11-17(22)21(16)3/h6-13H,4-5H2,1-3H3. The van der Waals surface area contributed by atoms with Crippen molar-refractivity contribution in [2.75, 3.05) is 0 Å². The Kier molecular flexibility index (Phi) is 4.15. The largest absolute Gasteiger partial charge is 0.842 e. The Balaban J connectivity index is 2.33. The number of aromatic nitrogens is 2. The smallest absolute Gasteiger partial charge is 0.286 e. The Bertz CT molecular complexity index is 903. The second-order valence-electron chi connectivity index (χ2n) is 5.57. The number of hydrogen-bond acceptors (Lipinski definition) is 2. The van der Waals surface area contributed by atoms with Crippen LogP contribution >= 0.6 is 0 Å². The van der Waals surface area contributed by atoms with Crippen LogP contribution in [-0.4, -0.2) is 4.57 Å². The van der Waals surface area contributed by atoms with Gasteiger partial charge in [0.15, 0.2) is 0 Å². The van der Waals surface area contributed by atoms with Crippen molar-refractivity contribution in [3.63, 3.8) is 0 Å². The number of para-hydroxylation sites is 1. The average molecular weight is 307 g/mol. The maximum absolute atomic E-state index is 12.3.